The van der Waals surface area contributed by atoms with Gasteiger partial charge in [0.1, 0.15) is 18.1 Å². The van der Waals surface area contributed by atoms with Gasteiger partial charge in [0.15, 0.2) is 0 Å². The van der Waals surface area contributed by atoms with E-state index in [1.165, 1.54) is 0 Å². The number of nitrogens with one attached hydrogen (secondary N) is 1. The van der Waals surface area contributed by atoms with Crippen molar-refractivity contribution in [3.63, 3.8) is 0 Å². The average molecular weight is 267 g/mol. The van der Waals surface area contributed by atoms with Crippen molar-refractivity contribution in [3.8, 4) is 0 Å². The van der Waals surface area contributed by atoms with Crippen LogP contribution in [0.15, 0.2) is 60.9 Å². The van der Waals surface area contributed by atoms with Crippen molar-refractivity contribution in [2.75, 3.05) is 5.32 Å². The molecule has 0 fully saturated rings. The quantitative estimate of drug-likeness (QED) is 0.793. The van der Waals surface area contributed by atoms with Crippen molar-refractivity contribution in [1.29, 1.82) is 0 Å². The molecule has 0 spiro atoms. The van der Waals surface area contributed by atoms with Gasteiger partial charge in [0.25, 0.3) is 0 Å². The lowest BCUT2D eigenvalue weighted by Crippen LogP contribution is -2.14. The van der Waals surface area contributed by atoms with Gasteiger partial charge in [0.05, 0.1) is 6.20 Å². The van der Waals surface area contributed by atoms with E-state index in [0.717, 1.165) is 11.2 Å². The van der Waals surface area contributed by atoms with E-state index >= 15 is 0 Å². The van der Waals surface area contributed by atoms with Gasteiger partial charge < -0.3 is 4.74 Å². The molecule has 5 heteroatoms. The SMILES string of the molecule is O=C(Nc1cnc2ccccn12)OCc1ccccc1. The largest absolute Gasteiger partial charge is 0.444 e. The van der Waals surface area contributed by atoms with E-state index in [1.807, 2.05) is 54.7 Å². The number of ether oxygens (including phenoxy) is 1. The molecule has 3 aromatic rings. The summed E-state index contributed by atoms with van der Waals surface area (Å²) in [6, 6.07) is 15.2. The molecule has 5 nitrogen and oxygen atoms in total. The summed E-state index contributed by atoms with van der Waals surface area (Å²) in [5.41, 5.74) is 1.71. The molecule has 0 unspecified atom stereocenters. The fraction of sp³-hybridized carbons (Fsp3) is 0.0667. The van der Waals surface area contributed by atoms with Crippen LogP contribution in [-0.2, 0) is 11.3 Å². The van der Waals surface area contributed by atoms with Gasteiger partial charge in [-0.05, 0) is 17.7 Å². The number of nitrogens with zero attached hydrogens (tertiary/aromatic N) is 2. The van der Waals surface area contributed by atoms with Crippen LogP contribution < -0.4 is 5.32 Å². The predicted octanol–water partition coefficient (Wildman–Crippen LogP) is 3.08. The highest BCUT2D eigenvalue weighted by atomic mass is 16.5. The Morgan fingerprint density at radius 1 is 1.15 bits per heavy atom. The lowest BCUT2D eigenvalue weighted by Gasteiger charge is -2.06. The molecule has 0 aliphatic carbocycles. The number of imidazole rings is 1. The second-order valence-electron chi connectivity index (χ2n) is 4.26. The van der Waals surface area contributed by atoms with Gasteiger partial charge in [-0.3, -0.25) is 9.72 Å². The van der Waals surface area contributed by atoms with Gasteiger partial charge in [-0.25, -0.2) is 9.78 Å². The molecule has 1 aromatic carbocycles. The van der Waals surface area contributed by atoms with Gasteiger partial charge in [-0.1, -0.05) is 36.4 Å². The maximum absolute atomic E-state index is 11.8. The molecular weight excluding hydrogens is 254 g/mol. The van der Waals surface area contributed by atoms with E-state index in [2.05, 4.69) is 10.3 Å². The molecule has 0 radical (unpaired) electrons. The van der Waals surface area contributed by atoms with Crippen LogP contribution >= 0.6 is 0 Å². The van der Waals surface area contributed by atoms with Crippen LogP contribution in [0.2, 0.25) is 0 Å². The van der Waals surface area contributed by atoms with Crippen molar-refractivity contribution in [3.05, 3.63) is 66.5 Å². The van der Waals surface area contributed by atoms with Crippen LogP contribution in [0.1, 0.15) is 5.56 Å². The summed E-state index contributed by atoms with van der Waals surface area (Å²) in [5.74, 6) is 0.582. The van der Waals surface area contributed by atoms with E-state index in [-0.39, 0.29) is 6.61 Å². The molecule has 1 amide bonds. The molecular formula is C15H13N3O2. The Balaban J connectivity index is 1.64. The average Bonchev–Trinajstić information content (AvgIpc) is 2.90. The zero-order valence-electron chi connectivity index (χ0n) is 10.7. The number of hydrogen-bond donors (Lipinski definition) is 1. The summed E-state index contributed by atoms with van der Waals surface area (Å²) >= 11 is 0. The van der Waals surface area contributed by atoms with Crippen LogP contribution in [0.4, 0.5) is 10.6 Å². The Kier molecular flexibility index (Phi) is 3.33. The molecule has 20 heavy (non-hydrogen) atoms. The number of fused-ring (bicyclic) bond motifs is 1. The van der Waals surface area contributed by atoms with Crippen molar-refractivity contribution in [2.24, 2.45) is 0 Å². The molecule has 0 saturated heterocycles. The molecule has 1 N–H and O–H groups in total. The molecule has 0 aliphatic rings. The Bertz CT molecular complexity index is 722. The topological polar surface area (TPSA) is 55.6 Å². The normalized spacial score (nSPS) is 10.4. The van der Waals surface area contributed by atoms with Gasteiger partial charge in [-0.15, -0.1) is 0 Å². The first-order chi connectivity index (χ1) is 9.83. The van der Waals surface area contributed by atoms with Gasteiger partial charge in [0, 0.05) is 6.20 Å². The first kappa shape index (κ1) is 12.2. The van der Waals surface area contributed by atoms with Gasteiger partial charge in [-0.2, -0.15) is 0 Å². The van der Waals surface area contributed by atoms with Gasteiger partial charge >= 0.3 is 6.09 Å². The summed E-state index contributed by atoms with van der Waals surface area (Å²) in [6.07, 6.45) is 2.92. The number of benzene rings is 1. The Morgan fingerprint density at radius 3 is 2.80 bits per heavy atom. The number of carbonyl (C=O) groups excluding carboxylic acids is 1. The van der Waals surface area contributed by atoms with Crippen molar-refractivity contribution < 1.29 is 9.53 Å². The number of carbonyl (C=O) groups is 1. The van der Waals surface area contributed by atoms with E-state index in [9.17, 15) is 4.79 Å². The van der Waals surface area contributed by atoms with Crippen molar-refractivity contribution >= 4 is 17.6 Å². The van der Waals surface area contributed by atoms with Crippen molar-refractivity contribution in [1.82, 2.24) is 9.38 Å². The molecule has 100 valence electrons. The van der Waals surface area contributed by atoms with Gasteiger partial charge in [0.2, 0.25) is 0 Å². The minimum absolute atomic E-state index is 0.239. The molecule has 2 heterocycles. The minimum Gasteiger partial charge on any atom is -0.444 e. The monoisotopic (exact) mass is 267 g/mol. The molecule has 2 aromatic heterocycles. The Labute approximate surface area is 115 Å². The third-order valence-corrected chi connectivity index (χ3v) is 2.86. The number of aromatic nitrogens is 2. The number of anilines is 1. The summed E-state index contributed by atoms with van der Waals surface area (Å²) in [5, 5.41) is 2.67. The lowest BCUT2D eigenvalue weighted by molar-refractivity contribution is 0.155. The third-order valence-electron chi connectivity index (χ3n) is 2.86. The predicted molar refractivity (Wildman–Crippen MR) is 75.4 cm³/mol. The van der Waals surface area contributed by atoms with E-state index in [1.54, 1.807) is 10.6 Å². The van der Waals surface area contributed by atoms with Crippen LogP contribution in [0, 0.1) is 0 Å². The zero-order valence-corrected chi connectivity index (χ0v) is 10.7. The highest BCUT2D eigenvalue weighted by molar-refractivity contribution is 5.83. The van der Waals surface area contributed by atoms with Crippen LogP contribution in [0.25, 0.3) is 5.65 Å². The molecule has 0 bridgehead atoms. The number of hydrogen-bond acceptors (Lipinski definition) is 3. The van der Waals surface area contributed by atoms with E-state index in [4.69, 9.17) is 4.74 Å². The molecule has 0 atom stereocenters. The summed E-state index contributed by atoms with van der Waals surface area (Å²) in [4.78, 5) is 15.9. The fourth-order valence-electron chi connectivity index (χ4n) is 1.89. The zero-order chi connectivity index (χ0) is 13.8. The summed E-state index contributed by atoms with van der Waals surface area (Å²) in [6.45, 7) is 0.239. The first-order valence-electron chi connectivity index (χ1n) is 6.23. The highest BCUT2D eigenvalue weighted by Gasteiger charge is 2.07. The molecule has 0 saturated carbocycles. The number of rotatable bonds is 3. The smallest absolute Gasteiger partial charge is 0.413 e. The molecule has 3 rings (SSSR count). The standard InChI is InChI=1S/C15H13N3O2/c19-15(20-11-12-6-2-1-3-7-12)17-14-10-16-13-8-4-5-9-18(13)14/h1-10H,11H2,(H,17,19). The Morgan fingerprint density at radius 2 is 1.95 bits per heavy atom. The van der Waals surface area contributed by atoms with E-state index < -0.39 is 6.09 Å². The van der Waals surface area contributed by atoms with Crippen LogP contribution in [-0.4, -0.2) is 15.5 Å². The lowest BCUT2D eigenvalue weighted by atomic mass is 10.2. The van der Waals surface area contributed by atoms with E-state index in [0.29, 0.717) is 5.82 Å². The summed E-state index contributed by atoms with van der Waals surface area (Å²) < 4.78 is 6.94. The fourth-order valence-corrected chi connectivity index (χ4v) is 1.89. The highest BCUT2D eigenvalue weighted by Crippen LogP contribution is 2.11. The Hall–Kier alpha value is -2.82. The van der Waals surface area contributed by atoms with Crippen molar-refractivity contribution in [2.45, 2.75) is 6.61 Å². The maximum atomic E-state index is 11.8. The second kappa shape index (κ2) is 5.44. The maximum Gasteiger partial charge on any atom is 0.413 e. The van der Waals surface area contributed by atoms with Crippen LogP contribution in [0.5, 0.6) is 0 Å². The second-order valence-corrected chi connectivity index (χ2v) is 4.26. The number of amides is 1. The molecule has 0 aliphatic heterocycles. The van der Waals surface area contributed by atoms with Crippen LogP contribution in [0.3, 0.4) is 0 Å². The third kappa shape index (κ3) is 2.61. The summed E-state index contributed by atoms with van der Waals surface area (Å²) in [7, 11) is 0. The first-order valence-corrected chi connectivity index (χ1v) is 6.23. The minimum atomic E-state index is -0.500. The number of pyridine rings is 1.